The lowest BCUT2D eigenvalue weighted by Gasteiger charge is -2.39. The molecule has 0 amide bonds. The monoisotopic (exact) mass is 281 g/mol. The average Bonchev–Trinajstić information content (AvgIpc) is 2.39. The van der Waals surface area contributed by atoms with Crippen LogP contribution in [0, 0.1) is 0 Å². The van der Waals surface area contributed by atoms with Crippen LogP contribution >= 0.6 is 11.6 Å². The molecule has 0 aliphatic carbocycles. The van der Waals surface area contributed by atoms with Crippen LogP contribution in [0.15, 0.2) is 18.2 Å². The van der Waals surface area contributed by atoms with Gasteiger partial charge in [-0.2, -0.15) is 0 Å². The molecule has 1 heterocycles. The van der Waals surface area contributed by atoms with Gasteiger partial charge in [0.15, 0.2) is 0 Å². The van der Waals surface area contributed by atoms with E-state index in [4.69, 9.17) is 11.6 Å². The van der Waals surface area contributed by atoms with E-state index in [2.05, 4.69) is 35.0 Å². The Morgan fingerprint density at radius 1 is 1.21 bits per heavy atom. The fourth-order valence-corrected chi connectivity index (χ4v) is 3.02. The van der Waals surface area contributed by atoms with E-state index in [0.717, 1.165) is 37.7 Å². The van der Waals surface area contributed by atoms with Crippen LogP contribution in [0.4, 0.5) is 5.69 Å². The number of para-hydroxylation sites is 1. The fourth-order valence-electron chi connectivity index (χ4n) is 2.71. The first-order valence-corrected chi connectivity index (χ1v) is 7.42. The van der Waals surface area contributed by atoms with Gasteiger partial charge in [0.2, 0.25) is 0 Å². The van der Waals surface area contributed by atoms with Gasteiger partial charge in [-0.05, 0) is 32.5 Å². The van der Waals surface area contributed by atoms with Gasteiger partial charge in [-0.1, -0.05) is 23.7 Å². The maximum atomic E-state index is 6.41. The van der Waals surface area contributed by atoms with Crippen molar-refractivity contribution in [2.24, 2.45) is 0 Å². The van der Waals surface area contributed by atoms with E-state index in [-0.39, 0.29) is 0 Å². The molecule has 1 aromatic rings. The Kier molecular flexibility index (Phi) is 5.08. The van der Waals surface area contributed by atoms with Gasteiger partial charge >= 0.3 is 0 Å². The first-order chi connectivity index (χ1) is 9.13. The number of nitrogens with zero attached hydrogens (tertiary/aromatic N) is 2. The number of benzene rings is 1. The summed E-state index contributed by atoms with van der Waals surface area (Å²) in [7, 11) is 1.97. The van der Waals surface area contributed by atoms with Crippen molar-refractivity contribution in [1.82, 2.24) is 10.2 Å². The second-order valence-electron chi connectivity index (χ2n) is 5.39. The topological polar surface area (TPSA) is 18.5 Å². The molecule has 0 atom stereocenters. The molecule has 1 aliphatic heterocycles. The lowest BCUT2D eigenvalue weighted by molar-refractivity contribution is 0.209. The van der Waals surface area contributed by atoms with Crippen molar-refractivity contribution >= 4 is 17.3 Å². The second-order valence-corrected chi connectivity index (χ2v) is 5.80. The number of halogens is 1. The number of hydrogen-bond donors (Lipinski definition) is 1. The Morgan fingerprint density at radius 2 is 1.89 bits per heavy atom. The third-order valence-corrected chi connectivity index (χ3v) is 4.10. The van der Waals surface area contributed by atoms with Crippen LogP contribution in [0.25, 0.3) is 0 Å². The lowest BCUT2D eigenvalue weighted by atomic mass is 10.1. The maximum absolute atomic E-state index is 6.41. The number of anilines is 1. The molecule has 1 fully saturated rings. The zero-order valence-corrected chi connectivity index (χ0v) is 12.9. The fraction of sp³-hybridized carbons (Fsp3) is 0.600. The van der Waals surface area contributed by atoms with E-state index in [1.807, 2.05) is 19.2 Å². The van der Waals surface area contributed by atoms with Crippen LogP contribution in [-0.4, -0.2) is 44.2 Å². The Morgan fingerprint density at radius 3 is 2.47 bits per heavy atom. The molecule has 1 aliphatic rings. The van der Waals surface area contributed by atoms with Crippen LogP contribution in [-0.2, 0) is 6.54 Å². The van der Waals surface area contributed by atoms with Gasteiger partial charge in [0.1, 0.15) is 0 Å². The van der Waals surface area contributed by atoms with E-state index in [9.17, 15) is 0 Å². The molecule has 1 aromatic carbocycles. The molecular weight excluding hydrogens is 258 g/mol. The number of rotatable bonds is 4. The molecule has 2 rings (SSSR count). The summed E-state index contributed by atoms with van der Waals surface area (Å²) in [5, 5.41) is 4.09. The summed E-state index contributed by atoms with van der Waals surface area (Å²) >= 11 is 6.41. The third-order valence-electron chi connectivity index (χ3n) is 3.80. The summed E-state index contributed by atoms with van der Waals surface area (Å²) in [5.74, 6) is 0. The van der Waals surface area contributed by atoms with E-state index in [1.54, 1.807) is 0 Å². The molecule has 0 unspecified atom stereocenters. The Labute approximate surface area is 121 Å². The van der Waals surface area contributed by atoms with Crippen molar-refractivity contribution in [2.45, 2.75) is 26.4 Å². The molecule has 1 saturated heterocycles. The van der Waals surface area contributed by atoms with E-state index in [1.165, 1.54) is 11.3 Å². The third kappa shape index (κ3) is 3.41. The van der Waals surface area contributed by atoms with Gasteiger partial charge in [-0.3, -0.25) is 4.90 Å². The highest BCUT2D eigenvalue weighted by Crippen LogP contribution is 2.30. The number of hydrogen-bond acceptors (Lipinski definition) is 3. The van der Waals surface area contributed by atoms with E-state index in [0.29, 0.717) is 6.04 Å². The second kappa shape index (κ2) is 6.60. The average molecular weight is 282 g/mol. The summed E-state index contributed by atoms with van der Waals surface area (Å²) in [6.45, 7) is 9.72. The van der Waals surface area contributed by atoms with E-state index >= 15 is 0 Å². The Balaban J connectivity index is 2.14. The molecular formula is C15H24ClN3. The van der Waals surface area contributed by atoms with Crippen LogP contribution in [0.1, 0.15) is 19.4 Å². The number of piperazine rings is 1. The zero-order chi connectivity index (χ0) is 13.8. The molecule has 0 spiro atoms. The van der Waals surface area contributed by atoms with Crippen LogP contribution in [0.3, 0.4) is 0 Å². The summed E-state index contributed by atoms with van der Waals surface area (Å²) in [6, 6.07) is 6.81. The summed E-state index contributed by atoms with van der Waals surface area (Å²) in [5.41, 5.74) is 2.50. The zero-order valence-electron chi connectivity index (χ0n) is 12.1. The van der Waals surface area contributed by atoms with Gasteiger partial charge in [-0.15, -0.1) is 0 Å². The predicted octanol–water partition coefficient (Wildman–Crippen LogP) is 2.59. The molecule has 3 nitrogen and oxygen atoms in total. The van der Waals surface area contributed by atoms with Crippen molar-refractivity contribution in [3.63, 3.8) is 0 Å². The Bertz CT molecular complexity index is 412. The van der Waals surface area contributed by atoms with Gasteiger partial charge < -0.3 is 10.2 Å². The largest absolute Gasteiger partial charge is 0.367 e. The summed E-state index contributed by atoms with van der Waals surface area (Å²) in [4.78, 5) is 4.94. The minimum atomic E-state index is 0.630. The molecule has 0 radical (unpaired) electrons. The van der Waals surface area contributed by atoms with Crippen molar-refractivity contribution in [1.29, 1.82) is 0 Å². The highest BCUT2D eigenvalue weighted by molar-refractivity contribution is 6.33. The SMILES string of the molecule is CNCc1cccc(Cl)c1N1CCN(C(C)C)CC1. The smallest absolute Gasteiger partial charge is 0.0642 e. The molecule has 19 heavy (non-hydrogen) atoms. The molecule has 4 heteroatoms. The summed E-state index contributed by atoms with van der Waals surface area (Å²) < 4.78 is 0. The molecule has 106 valence electrons. The normalized spacial score (nSPS) is 17.2. The first kappa shape index (κ1) is 14.6. The quantitative estimate of drug-likeness (QED) is 0.915. The lowest BCUT2D eigenvalue weighted by Crippen LogP contribution is -2.49. The summed E-state index contributed by atoms with van der Waals surface area (Å²) in [6.07, 6.45) is 0. The molecule has 0 saturated carbocycles. The number of nitrogens with one attached hydrogen (secondary N) is 1. The predicted molar refractivity (Wildman–Crippen MR) is 83.1 cm³/mol. The Hall–Kier alpha value is -0.770. The van der Waals surface area contributed by atoms with Crippen molar-refractivity contribution in [2.75, 3.05) is 38.1 Å². The molecule has 0 aromatic heterocycles. The highest BCUT2D eigenvalue weighted by atomic mass is 35.5. The first-order valence-electron chi connectivity index (χ1n) is 7.04. The van der Waals surface area contributed by atoms with Gasteiger partial charge in [0.05, 0.1) is 10.7 Å². The van der Waals surface area contributed by atoms with Crippen LogP contribution < -0.4 is 10.2 Å². The van der Waals surface area contributed by atoms with Crippen molar-refractivity contribution in [3.8, 4) is 0 Å². The van der Waals surface area contributed by atoms with Crippen LogP contribution in [0.5, 0.6) is 0 Å². The van der Waals surface area contributed by atoms with Gasteiger partial charge in [0, 0.05) is 38.8 Å². The standard InChI is InChI=1S/C15H24ClN3/c1-12(2)18-7-9-19(10-8-18)15-13(11-17-3)5-4-6-14(15)16/h4-6,12,17H,7-11H2,1-3H3. The van der Waals surface area contributed by atoms with Crippen molar-refractivity contribution in [3.05, 3.63) is 28.8 Å². The highest BCUT2D eigenvalue weighted by Gasteiger charge is 2.22. The van der Waals surface area contributed by atoms with Crippen molar-refractivity contribution < 1.29 is 0 Å². The van der Waals surface area contributed by atoms with Gasteiger partial charge in [0.25, 0.3) is 0 Å². The van der Waals surface area contributed by atoms with Gasteiger partial charge in [-0.25, -0.2) is 0 Å². The molecule has 0 bridgehead atoms. The van der Waals surface area contributed by atoms with E-state index < -0.39 is 0 Å². The minimum absolute atomic E-state index is 0.630. The molecule has 1 N–H and O–H groups in total. The van der Waals surface area contributed by atoms with Crippen LogP contribution in [0.2, 0.25) is 5.02 Å². The maximum Gasteiger partial charge on any atom is 0.0642 e. The minimum Gasteiger partial charge on any atom is -0.367 e.